The van der Waals surface area contributed by atoms with Crippen LogP contribution < -0.4 is 5.32 Å². The van der Waals surface area contributed by atoms with Crippen LogP contribution in [0.4, 0.5) is 0 Å². The number of carboxylic acid groups (broad SMARTS) is 2. The van der Waals surface area contributed by atoms with Gasteiger partial charge in [0.25, 0.3) is 0 Å². The molecule has 0 aliphatic carbocycles. The number of carbonyl (C=O) groups excluding carboxylic acids is 1. The molecule has 0 bridgehead atoms. The molecule has 12 heavy (non-hydrogen) atoms. The number of rotatable bonds is 3. The van der Waals surface area contributed by atoms with Gasteiger partial charge >= 0.3 is 17.8 Å². The molecule has 0 saturated heterocycles. The third-order valence-electron chi connectivity index (χ3n) is 0.980. The molecule has 68 valence electrons. The van der Waals surface area contributed by atoms with Crippen LogP contribution in [0.3, 0.4) is 0 Å². The van der Waals surface area contributed by atoms with Gasteiger partial charge in [-0.15, -0.1) is 0 Å². The van der Waals surface area contributed by atoms with Gasteiger partial charge in [-0.2, -0.15) is 12.6 Å². The minimum Gasteiger partial charge on any atom is -0.480 e. The lowest BCUT2D eigenvalue weighted by molar-refractivity contribution is -0.151. The molecule has 0 rings (SSSR count). The maximum atomic E-state index is 10.4. The van der Waals surface area contributed by atoms with Crippen LogP contribution in [0, 0.1) is 0 Å². The average Bonchev–Trinajstić information content (AvgIpc) is 1.98. The zero-order valence-electron chi connectivity index (χ0n) is 5.85. The van der Waals surface area contributed by atoms with Gasteiger partial charge in [-0.1, -0.05) is 0 Å². The molecule has 0 saturated carbocycles. The van der Waals surface area contributed by atoms with Gasteiger partial charge in [-0.05, 0) is 0 Å². The van der Waals surface area contributed by atoms with Crippen LogP contribution in [-0.4, -0.2) is 39.9 Å². The summed E-state index contributed by atoms with van der Waals surface area (Å²) in [5, 5.41) is 18.2. The maximum absolute atomic E-state index is 10.4. The van der Waals surface area contributed by atoms with Gasteiger partial charge in [0.05, 0.1) is 0 Å². The SMILES string of the molecule is O=C(O)C(=O)N[C@H](CS)C(=O)O. The van der Waals surface area contributed by atoms with Crippen molar-refractivity contribution in [2.45, 2.75) is 6.04 Å². The minimum absolute atomic E-state index is 0.158. The van der Waals surface area contributed by atoms with E-state index in [0.29, 0.717) is 0 Å². The number of aliphatic carboxylic acids is 2. The van der Waals surface area contributed by atoms with Crippen molar-refractivity contribution in [1.29, 1.82) is 0 Å². The van der Waals surface area contributed by atoms with E-state index in [-0.39, 0.29) is 5.75 Å². The van der Waals surface area contributed by atoms with E-state index in [4.69, 9.17) is 10.2 Å². The molecule has 1 atom stereocenters. The molecule has 1 amide bonds. The molecule has 0 radical (unpaired) electrons. The number of thiol groups is 1. The number of amides is 1. The Morgan fingerprint density at radius 2 is 1.83 bits per heavy atom. The Hall–Kier alpha value is -1.24. The van der Waals surface area contributed by atoms with Crippen molar-refractivity contribution in [3.8, 4) is 0 Å². The van der Waals surface area contributed by atoms with Crippen molar-refractivity contribution in [3.63, 3.8) is 0 Å². The molecule has 0 aromatic heterocycles. The Morgan fingerprint density at radius 1 is 1.33 bits per heavy atom. The van der Waals surface area contributed by atoms with Crippen molar-refractivity contribution in [1.82, 2.24) is 5.32 Å². The van der Waals surface area contributed by atoms with Crippen molar-refractivity contribution in [3.05, 3.63) is 0 Å². The summed E-state index contributed by atoms with van der Waals surface area (Å²) >= 11 is 3.61. The van der Waals surface area contributed by atoms with Crippen LogP contribution in [0.15, 0.2) is 0 Å². The first-order chi connectivity index (χ1) is 5.49. The highest BCUT2D eigenvalue weighted by molar-refractivity contribution is 7.80. The Morgan fingerprint density at radius 3 is 2.08 bits per heavy atom. The standard InChI is InChI=1S/C5H7NO5S/c7-3(5(10)11)6-2(1-12)4(8)9/h2,12H,1H2,(H,6,7)(H,8,9)(H,10,11)/t2-/m1/s1. The summed E-state index contributed by atoms with van der Waals surface area (Å²) < 4.78 is 0. The highest BCUT2D eigenvalue weighted by Crippen LogP contribution is 1.87. The number of carbonyl (C=O) groups is 3. The van der Waals surface area contributed by atoms with Crippen LogP contribution in [-0.2, 0) is 14.4 Å². The molecule has 0 aliphatic rings. The van der Waals surface area contributed by atoms with Crippen LogP contribution in [0.25, 0.3) is 0 Å². The summed E-state index contributed by atoms with van der Waals surface area (Å²) in [4.78, 5) is 30.6. The summed E-state index contributed by atoms with van der Waals surface area (Å²) in [5.41, 5.74) is 0. The number of carboxylic acids is 2. The van der Waals surface area contributed by atoms with E-state index in [1.165, 1.54) is 0 Å². The predicted molar refractivity (Wildman–Crippen MR) is 41.1 cm³/mol. The zero-order valence-corrected chi connectivity index (χ0v) is 6.75. The Kier molecular flexibility index (Phi) is 4.12. The molecule has 0 unspecified atom stereocenters. The molecule has 0 fully saturated rings. The van der Waals surface area contributed by atoms with Crippen molar-refractivity contribution in [2.75, 3.05) is 5.75 Å². The Balaban J connectivity index is 4.12. The van der Waals surface area contributed by atoms with E-state index in [0.717, 1.165) is 0 Å². The van der Waals surface area contributed by atoms with Crippen LogP contribution in [0.2, 0.25) is 0 Å². The highest BCUT2D eigenvalue weighted by atomic mass is 32.1. The van der Waals surface area contributed by atoms with Crippen molar-refractivity contribution in [2.24, 2.45) is 0 Å². The largest absolute Gasteiger partial charge is 0.480 e. The van der Waals surface area contributed by atoms with Crippen LogP contribution in [0.5, 0.6) is 0 Å². The molecule has 6 nitrogen and oxygen atoms in total. The summed E-state index contributed by atoms with van der Waals surface area (Å²) in [7, 11) is 0. The second-order valence-corrected chi connectivity index (χ2v) is 2.22. The second-order valence-electron chi connectivity index (χ2n) is 1.85. The van der Waals surface area contributed by atoms with Crippen molar-refractivity contribution >= 4 is 30.5 Å². The van der Waals surface area contributed by atoms with Gasteiger partial charge < -0.3 is 15.5 Å². The third-order valence-corrected chi connectivity index (χ3v) is 1.35. The summed E-state index contributed by atoms with van der Waals surface area (Å²) in [6, 6.07) is -1.27. The Bertz CT molecular complexity index is 216. The molecule has 0 heterocycles. The Labute approximate surface area is 73.0 Å². The quantitative estimate of drug-likeness (QED) is 0.325. The lowest BCUT2D eigenvalue weighted by atomic mass is 10.3. The third kappa shape index (κ3) is 3.24. The monoisotopic (exact) mass is 193 g/mol. The fourth-order valence-corrected chi connectivity index (χ4v) is 0.653. The predicted octanol–water partition coefficient (Wildman–Crippen LogP) is -1.43. The molecule has 7 heteroatoms. The molecular weight excluding hydrogens is 186 g/mol. The molecule has 0 aromatic carbocycles. The smallest absolute Gasteiger partial charge is 0.394 e. The van der Waals surface area contributed by atoms with Gasteiger partial charge in [0.1, 0.15) is 6.04 Å². The van der Waals surface area contributed by atoms with Gasteiger partial charge in [-0.25, -0.2) is 9.59 Å². The van der Waals surface area contributed by atoms with Gasteiger partial charge in [0, 0.05) is 5.75 Å². The van der Waals surface area contributed by atoms with E-state index in [2.05, 4.69) is 12.6 Å². The van der Waals surface area contributed by atoms with E-state index < -0.39 is 23.9 Å². The molecule has 0 spiro atoms. The minimum atomic E-state index is -1.72. The number of hydrogen-bond acceptors (Lipinski definition) is 4. The molecular formula is C5H7NO5S. The van der Waals surface area contributed by atoms with E-state index in [1.54, 1.807) is 5.32 Å². The molecule has 0 aliphatic heterocycles. The lowest BCUT2D eigenvalue weighted by Gasteiger charge is -2.08. The molecule has 0 aromatic rings. The maximum Gasteiger partial charge on any atom is 0.394 e. The first-order valence-electron chi connectivity index (χ1n) is 2.86. The van der Waals surface area contributed by atoms with E-state index in [9.17, 15) is 14.4 Å². The normalized spacial score (nSPS) is 11.8. The van der Waals surface area contributed by atoms with Crippen molar-refractivity contribution < 1.29 is 24.6 Å². The number of nitrogens with one attached hydrogen (secondary N) is 1. The first kappa shape index (κ1) is 10.8. The number of hydrogen-bond donors (Lipinski definition) is 4. The zero-order chi connectivity index (χ0) is 9.72. The van der Waals surface area contributed by atoms with Gasteiger partial charge in [0.2, 0.25) is 0 Å². The summed E-state index contributed by atoms with van der Waals surface area (Å²) in [5.74, 6) is -4.55. The van der Waals surface area contributed by atoms with E-state index in [1.807, 2.05) is 0 Å². The highest BCUT2D eigenvalue weighted by Gasteiger charge is 2.21. The van der Waals surface area contributed by atoms with Gasteiger partial charge in [-0.3, -0.25) is 4.79 Å². The summed E-state index contributed by atoms with van der Waals surface area (Å²) in [6.45, 7) is 0. The average molecular weight is 193 g/mol. The fourth-order valence-electron chi connectivity index (χ4n) is 0.405. The van der Waals surface area contributed by atoms with Crippen LogP contribution in [0.1, 0.15) is 0 Å². The van der Waals surface area contributed by atoms with Crippen LogP contribution >= 0.6 is 12.6 Å². The second kappa shape index (κ2) is 4.60. The lowest BCUT2D eigenvalue weighted by Crippen LogP contribution is -2.45. The van der Waals surface area contributed by atoms with Gasteiger partial charge in [0.15, 0.2) is 0 Å². The summed E-state index contributed by atoms with van der Waals surface area (Å²) in [6.07, 6.45) is 0. The molecule has 3 N–H and O–H groups in total. The fraction of sp³-hybridized carbons (Fsp3) is 0.400. The topological polar surface area (TPSA) is 104 Å². The first-order valence-corrected chi connectivity index (χ1v) is 3.49. The van der Waals surface area contributed by atoms with E-state index >= 15 is 0 Å².